The van der Waals surface area contributed by atoms with Crippen LogP contribution in [0.25, 0.3) is 10.2 Å². The SMILES string of the molecule is Cc1nc2ccc(C(C)O)c(F)c2s1. The molecule has 0 fully saturated rings. The molecule has 0 saturated heterocycles. The second kappa shape index (κ2) is 3.29. The lowest BCUT2D eigenvalue weighted by atomic mass is 10.1. The van der Waals surface area contributed by atoms with Gasteiger partial charge in [0.25, 0.3) is 0 Å². The Labute approximate surface area is 85.0 Å². The Morgan fingerprint density at radius 2 is 2.21 bits per heavy atom. The van der Waals surface area contributed by atoms with E-state index in [1.54, 1.807) is 19.1 Å². The number of aryl methyl sites for hydroxylation is 1. The van der Waals surface area contributed by atoms with E-state index in [9.17, 15) is 9.50 Å². The molecule has 0 spiro atoms. The van der Waals surface area contributed by atoms with Crippen LogP contribution in [0.5, 0.6) is 0 Å². The van der Waals surface area contributed by atoms with Crippen molar-refractivity contribution in [1.29, 1.82) is 0 Å². The lowest BCUT2D eigenvalue weighted by Gasteiger charge is -2.05. The van der Waals surface area contributed by atoms with Gasteiger partial charge in [0.05, 0.1) is 21.3 Å². The van der Waals surface area contributed by atoms with E-state index in [0.717, 1.165) is 5.01 Å². The minimum Gasteiger partial charge on any atom is -0.389 e. The largest absolute Gasteiger partial charge is 0.389 e. The molecule has 0 amide bonds. The number of nitrogens with zero attached hydrogens (tertiary/aromatic N) is 1. The lowest BCUT2D eigenvalue weighted by Crippen LogP contribution is -1.95. The van der Waals surface area contributed by atoms with Crippen LogP contribution in [0.15, 0.2) is 12.1 Å². The molecule has 2 aromatic rings. The van der Waals surface area contributed by atoms with Gasteiger partial charge < -0.3 is 5.11 Å². The summed E-state index contributed by atoms with van der Waals surface area (Å²) in [6.07, 6.45) is -0.776. The number of halogens is 1. The molecule has 1 unspecified atom stereocenters. The van der Waals surface area contributed by atoms with Gasteiger partial charge in [-0.2, -0.15) is 0 Å². The molecular weight excluding hydrogens is 201 g/mol. The predicted molar refractivity (Wildman–Crippen MR) is 54.9 cm³/mol. The zero-order chi connectivity index (χ0) is 10.3. The van der Waals surface area contributed by atoms with Crippen molar-refractivity contribution >= 4 is 21.6 Å². The number of fused-ring (bicyclic) bond motifs is 1. The average Bonchev–Trinajstić information content (AvgIpc) is 2.46. The van der Waals surface area contributed by atoms with Crippen LogP contribution < -0.4 is 0 Å². The molecule has 0 bridgehead atoms. The zero-order valence-electron chi connectivity index (χ0n) is 7.91. The van der Waals surface area contributed by atoms with E-state index < -0.39 is 6.10 Å². The van der Waals surface area contributed by atoms with E-state index in [4.69, 9.17) is 0 Å². The van der Waals surface area contributed by atoms with Crippen molar-refractivity contribution in [2.75, 3.05) is 0 Å². The van der Waals surface area contributed by atoms with E-state index >= 15 is 0 Å². The van der Waals surface area contributed by atoms with Crippen molar-refractivity contribution in [3.63, 3.8) is 0 Å². The van der Waals surface area contributed by atoms with Crippen LogP contribution in [0.4, 0.5) is 4.39 Å². The maximum Gasteiger partial charge on any atom is 0.148 e. The summed E-state index contributed by atoms with van der Waals surface area (Å²) in [5, 5.41) is 10.1. The molecule has 1 N–H and O–H groups in total. The third-order valence-corrected chi connectivity index (χ3v) is 3.06. The van der Waals surface area contributed by atoms with Crippen molar-refractivity contribution in [2.24, 2.45) is 0 Å². The van der Waals surface area contributed by atoms with Crippen molar-refractivity contribution < 1.29 is 9.50 Å². The molecule has 0 aliphatic carbocycles. The Kier molecular flexibility index (Phi) is 2.25. The molecule has 2 rings (SSSR count). The van der Waals surface area contributed by atoms with Gasteiger partial charge in [0.15, 0.2) is 0 Å². The smallest absolute Gasteiger partial charge is 0.148 e. The molecule has 0 aliphatic heterocycles. The van der Waals surface area contributed by atoms with Crippen LogP contribution in [-0.4, -0.2) is 10.1 Å². The van der Waals surface area contributed by atoms with Gasteiger partial charge in [-0.15, -0.1) is 11.3 Å². The molecule has 1 heterocycles. The predicted octanol–water partition coefficient (Wildman–Crippen LogP) is 2.80. The molecule has 1 atom stereocenters. The number of thiazole rings is 1. The van der Waals surface area contributed by atoms with Crippen LogP contribution in [0.2, 0.25) is 0 Å². The Morgan fingerprint density at radius 3 is 2.86 bits per heavy atom. The summed E-state index contributed by atoms with van der Waals surface area (Å²) in [7, 11) is 0. The number of hydrogen-bond donors (Lipinski definition) is 1. The molecule has 0 aliphatic rings. The highest BCUT2D eigenvalue weighted by Crippen LogP contribution is 2.29. The van der Waals surface area contributed by atoms with Crippen LogP contribution in [0, 0.1) is 12.7 Å². The van der Waals surface area contributed by atoms with Gasteiger partial charge in [0.1, 0.15) is 5.82 Å². The van der Waals surface area contributed by atoms with Gasteiger partial charge in [0, 0.05) is 5.56 Å². The molecule has 4 heteroatoms. The summed E-state index contributed by atoms with van der Waals surface area (Å²) in [6, 6.07) is 3.32. The molecule has 14 heavy (non-hydrogen) atoms. The molecule has 1 aromatic heterocycles. The maximum absolute atomic E-state index is 13.7. The first kappa shape index (κ1) is 9.55. The van der Waals surface area contributed by atoms with Crippen LogP contribution in [0.1, 0.15) is 23.6 Å². The van der Waals surface area contributed by atoms with E-state index in [1.165, 1.54) is 11.3 Å². The molecule has 0 saturated carbocycles. The summed E-state index contributed by atoms with van der Waals surface area (Å²) in [5.74, 6) is -0.344. The minimum atomic E-state index is -0.776. The molecule has 2 nitrogen and oxygen atoms in total. The standard InChI is InChI=1S/C10H10FNOS/c1-5(13)7-3-4-8-10(9(7)11)14-6(2)12-8/h3-5,13H,1-2H3. The Hall–Kier alpha value is -1.00. The number of aliphatic hydroxyl groups is 1. The summed E-state index contributed by atoms with van der Waals surface area (Å²) >= 11 is 1.31. The normalized spacial score (nSPS) is 13.4. The van der Waals surface area contributed by atoms with Crippen LogP contribution >= 0.6 is 11.3 Å². The average molecular weight is 211 g/mol. The second-order valence-corrected chi connectivity index (χ2v) is 4.43. The third-order valence-electron chi connectivity index (χ3n) is 2.08. The van der Waals surface area contributed by atoms with Crippen molar-refractivity contribution in [2.45, 2.75) is 20.0 Å². The fraction of sp³-hybridized carbons (Fsp3) is 0.300. The number of rotatable bonds is 1. The fourth-order valence-electron chi connectivity index (χ4n) is 1.41. The number of aromatic nitrogens is 1. The van der Waals surface area contributed by atoms with Gasteiger partial charge in [-0.3, -0.25) is 0 Å². The highest BCUT2D eigenvalue weighted by atomic mass is 32.1. The van der Waals surface area contributed by atoms with Crippen molar-refractivity contribution in [3.05, 3.63) is 28.5 Å². The van der Waals surface area contributed by atoms with Gasteiger partial charge in [-0.1, -0.05) is 6.07 Å². The zero-order valence-corrected chi connectivity index (χ0v) is 8.73. The Bertz CT molecular complexity index is 478. The first-order chi connectivity index (χ1) is 6.59. The van der Waals surface area contributed by atoms with E-state index in [2.05, 4.69) is 4.98 Å². The maximum atomic E-state index is 13.7. The summed E-state index contributed by atoms with van der Waals surface area (Å²) < 4.78 is 14.3. The van der Waals surface area contributed by atoms with Crippen molar-refractivity contribution in [1.82, 2.24) is 4.98 Å². The quantitative estimate of drug-likeness (QED) is 0.786. The lowest BCUT2D eigenvalue weighted by molar-refractivity contribution is 0.194. The Balaban J connectivity index is 2.74. The van der Waals surface area contributed by atoms with Crippen LogP contribution in [0.3, 0.4) is 0 Å². The topological polar surface area (TPSA) is 33.1 Å². The molecule has 1 aromatic carbocycles. The molecule has 74 valence electrons. The van der Waals surface area contributed by atoms with Crippen molar-refractivity contribution in [3.8, 4) is 0 Å². The number of benzene rings is 1. The van der Waals surface area contributed by atoms with E-state index in [1.807, 2.05) is 6.92 Å². The van der Waals surface area contributed by atoms with Gasteiger partial charge in [-0.05, 0) is 19.9 Å². The van der Waals surface area contributed by atoms with Gasteiger partial charge >= 0.3 is 0 Å². The molecular formula is C10H10FNOS. The monoisotopic (exact) mass is 211 g/mol. The third kappa shape index (κ3) is 1.40. The first-order valence-electron chi connectivity index (χ1n) is 4.33. The molecule has 0 radical (unpaired) electrons. The van der Waals surface area contributed by atoms with Gasteiger partial charge in [0.2, 0.25) is 0 Å². The summed E-state index contributed by atoms with van der Waals surface area (Å²) in [4.78, 5) is 4.17. The van der Waals surface area contributed by atoms with E-state index in [-0.39, 0.29) is 5.82 Å². The number of aliphatic hydroxyl groups excluding tert-OH is 1. The summed E-state index contributed by atoms with van der Waals surface area (Å²) in [6.45, 7) is 3.39. The van der Waals surface area contributed by atoms with Gasteiger partial charge in [-0.25, -0.2) is 9.37 Å². The van der Waals surface area contributed by atoms with Crippen LogP contribution in [-0.2, 0) is 0 Å². The Morgan fingerprint density at radius 1 is 1.50 bits per heavy atom. The summed E-state index contributed by atoms with van der Waals surface area (Å²) in [5.41, 5.74) is 0.996. The fourth-order valence-corrected chi connectivity index (χ4v) is 2.27. The minimum absolute atomic E-state index is 0.334. The number of hydrogen-bond acceptors (Lipinski definition) is 3. The first-order valence-corrected chi connectivity index (χ1v) is 5.15. The second-order valence-electron chi connectivity index (χ2n) is 3.23. The van der Waals surface area contributed by atoms with E-state index in [0.29, 0.717) is 15.8 Å². The highest BCUT2D eigenvalue weighted by Gasteiger charge is 2.13. The highest BCUT2D eigenvalue weighted by molar-refractivity contribution is 7.18.